The summed E-state index contributed by atoms with van der Waals surface area (Å²) in [5, 5.41) is 6.04. The van der Waals surface area contributed by atoms with E-state index in [-0.39, 0.29) is 23.5 Å². The van der Waals surface area contributed by atoms with Crippen LogP contribution in [0.3, 0.4) is 0 Å². The lowest BCUT2D eigenvalue weighted by Crippen LogP contribution is -2.66. The smallest absolute Gasteiger partial charge is 0.315 e. The lowest BCUT2D eigenvalue weighted by Gasteiger charge is -2.57. The molecule has 0 aliphatic heterocycles. The third-order valence-corrected chi connectivity index (χ3v) is 6.07. The fourth-order valence-electron chi connectivity index (χ4n) is 4.08. The van der Waals surface area contributed by atoms with E-state index in [1.807, 2.05) is 13.8 Å². The van der Waals surface area contributed by atoms with E-state index in [9.17, 15) is 9.00 Å². The van der Waals surface area contributed by atoms with Crippen LogP contribution in [0.25, 0.3) is 0 Å². The molecule has 128 valence electrons. The maximum absolute atomic E-state index is 12.2. The molecule has 6 heteroatoms. The van der Waals surface area contributed by atoms with Gasteiger partial charge in [0.15, 0.2) is 0 Å². The van der Waals surface area contributed by atoms with Crippen molar-refractivity contribution in [1.82, 2.24) is 10.6 Å². The number of hydrogen-bond donors (Lipinski definition) is 2. The summed E-state index contributed by atoms with van der Waals surface area (Å²) < 4.78 is 17.1. The van der Waals surface area contributed by atoms with Crippen molar-refractivity contribution in [2.75, 3.05) is 18.6 Å². The van der Waals surface area contributed by atoms with E-state index in [0.29, 0.717) is 11.9 Å². The number of hydrogen-bond acceptors (Lipinski definition) is 3. The fraction of sp³-hybridized carbons (Fsp3) is 0.938. The second-order valence-corrected chi connectivity index (χ2v) is 8.26. The van der Waals surface area contributed by atoms with Crippen LogP contribution in [0.15, 0.2) is 0 Å². The summed E-state index contributed by atoms with van der Waals surface area (Å²) in [4.78, 5) is 12.2. The Morgan fingerprint density at radius 2 is 2.05 bits per heavy atom. The highest BCUT2D eigenvalue weighted by Gasteiger charge is 2.56. The first-order valence-electron chi connectivity index (χ1n) is 8.46. The number of nitrogens with one attached hydrogen (secondary N) is 2. The molecule has 2 fully saturated rings. The Hall–Kier alpha value is -0.620. The molecular weight excluding hydrogens is 300 g/mol. The molecule has 1 spiro atoms. The van der Waals surface area contributed by atoms with Crippen LogP contribution in [0, 0.1) is 5.41 Å². The zero-order valence-electron chi connectivity index (χ0n) is 14.0. The van der Waals surface area contributed by atoms with Crippen LogP contribution in [0.2, 0.25) is 0 Å². The van der Waals surface area contributed by atoms with Crippen LogP contribution >= 0.6 is 0 Å². The Morgan fingerprint density at radius 3 is 2.64 bits per heavy atom. The second kappa shape index (κ2) is 7.77. The SMILES string of the molecule is CCO[C@@H]1C[C@H](NC(=O)N[C@H](C)C[S@](C)=O)C12CCCCC2. The van der Waals surface area contributed by atoms with Gasteiger partial charge >= 0.3 is 6.03 Å². The minimum absolute atomic E-state index is 0.0732. The number of carbonyl (C=O) groups excluding carboxylic acids is 1. The number of urea groups is 1. The molecule has 0 aromatic carbocycles. The van der Waals surface area contributed by atoms with E-state index in [1.165, 1.54) is 19.3 Å². The summed E-state index contributed by atoms with van der Waals surface area (Å²) in [6.07, 6.45) is 8.92. The van der Waals surface area contributed by atoms with E-state index in [4.69, 9.17) is 4.74 Å². The van der Waals surface area contributed by atoms with Crippen molar-refractivity contribution in [2.24, 2.45) is 5.41 Å². The Morgan fingerprint density at radius 1 is 1.36 bits per heavy atom. The van der Waals surface area contributed by atoms with Crippen molar-refractivity contribution in [2.45, 2.75) is 70.6 Å². The van der Waals surface area contributed by atoms with Gasteiger partial charge in [-0.3, -0.25) is 4.21 Å². The Balaban J connectivity index is 1.88. The third-order valence-electron chi connectivity index (χ3n) is 5.10. The minimum Gasteiger partial charge on any atom is -0.378 e. The Kier molecular flexibility index (Phi) is 6.26. The molecule has 2 aliphatic carbocycles. The van der Waals surface area contributed by atoms with Gasteiger partial charge < -0.3 is 15.4 Å². The van der Waals surface area contributed by atoms with Crippen molar-refractivity contribution < 1.29 is 13.7 Å². The van der Waals surface area contributed by atoms with Gasteiger partial charge in [-0.2, -0.15) is 0 Å². The molecule has 0 heterocycles. The van der Waals surface area contributed by atoms with Gasteiger partial charge in [0.05, 0.1) is 6.10 Å². The maximum Gasteiger partial charge on any atom is 0.315 e. The molecule has 2 aliphatic rings. The zero-order valence-corrected chi connectivity index (χ0v) is 14.8. The molecule has 0 unspecified atom stereocenters. The highest BCUT2D eigenvalue weighted by atomic mass is 32.2. The maximum atomic E-state index is 12.2. The monoisotopic (exact) mass is 330 g/mol. The van der Waals surface area contributed by atoms with Crippen molar-refractivity contribution >= 4 is 16.8 Å². The quantitative estimate of drug-likeness (QED) is 0.784. The molecule has 0 radical (unpaired) electrons. The summed E-state index contributed by atoms with van der Waals surface area (Å²) in [5.74, 6) is 0.491. The highest BCUT2D eigenvalue weighted by molar-refractivity contribution is 7.84. The molecule has 5 nitrogen and oxygen atoms in total. The summed E-state index contributed by atoms with van der Waals surface area (Å²) in [6, 6.07) is 0.00225. The number of amides is 2. The predicted molar refractivity (Wildman–Crippen MR) is 89.4 cm³/mol. The van der Waals surface area contributed by atoms with Crippen LogP contribution < -0.4 is 10.6 Å². The summed E-state index contributed by atoms with van der Waals surface area (Å²) in [6.45, 7) is 4.67. The third kappa shape index (κ3) is 4.02. The normalized spacial score (nSPS) is 29.4. The van der Waals surface area contributed by atoms with E-state index in [1.54, 1.807) is 6.26 Å². The second-order valence-electron chi connectivity index (χ2n) is 6.78. The van der Waals surface area contributed by atoms with Gasteiger partial charge in [-0.05, 0) is 33.1 Å². The van der Waals surface area contributed by atoms with Crippen molar-refractivity contribution in [3.63, 3.8) is 0 Å². The average molecular weight is 330 g/mol. The number of carbonyl (C=O) groups is 1. The van der Waals surface area contributed by atoms with Crippen LogP contribution in [0.1, 0.15) is 52.4 Å². The molecule has 0 aromatic rings. The van der Waals surface area contributed by atoms with Crippen molar-refractivity contribution in [3.05, 3.63) is 0 Å². The largest absolute Gasteiger partial charge is 0.378 e. The predicted octanol–water partition coefficient (Wildman–Crippen LogP) is 2.18. The molecule has 2 N–H and O–H groups in total. The van der Waals surface area contributed by atoms with Gasteiger partial charge in [0, 0.05) is 46.9 Å². The van der Waals surface area contributed by atoms with Crippen LogP contribution in [-0.2, 0) is 15.5 Å². The minimum atomic E-state index is -0.894. The zero-order chi connectivity index (χ0) is 16.2. The molecule has 2 amide bonds. The number of ether oxygens (including phenoxy) is 1. The van der Waals surface area contributed by atoms with Gasteiger partial charge in [-0.1, -0.05) is 19.3 Å². The first kappa shape index (κ1) is 17.7. The number of rotatable bonds is 6. The molecule has 2 saturated carbocycles. The fourth-order valence-corrected chi connectivity index (χ4v) is 4.87. The molecule has 0 saturated heterocycles. The highest BCUT2D eigenvalue weighted by Crippen LogP contribution is 2.53. The van der Waals surface area contributed by atoms with Crippen molar-refractivity contribution in [3.8, 4) is 0 Å². The molecule has 4 atom stereocenters. The van der Waals surface area contributed by atoms with Gasteiger partial charge in [0.25, 0.3) is 0 Å². The molecule has 0 aromatic heterocycles. The average Bonchev–Trinajstić information content (AvgIpc) is 2.46. The summed E-state index contributed by atoms with van der Waals surface area (Å²) in [7, 11) is -0.894. The van der Waals surface area contributed by atoms with Gasteiger partial charge in [0.1, 0.15) is 0 Å². The first-order chi connectivity index (χ1) is 10.5. The Bertz CT molecular complexity index is 410. The molecule has 22 heavy (non-hydrogen) atoms. The van der Waals surface area contributed by atoms with E-state index >= 15 is 0 Å². The standard InChI is InChI=1S/C16H30N2O3S/c1-4-21-14-10-13(16(14)8-6-5-7-9-16)18-15(19)17-12(2)11-22(3)20/h12-14H,4-11H2,1-3H3,(H2,17,18,19)/t12-,13+,14-,22+/m1/s1. The lowest BCUT2D eigenvalue weighted by atomic mass is 9.55. The first-order valence-corrected chi connectivity index (χ1v) is 10.2. The van der Waals surface area contributed by atoms with E-state index < -0.39 is 10.8 Å². The van der Waals surface area contributed by atoms with Crippen LogP contribution in [0.4, 0.5) is 4.79 Å². The topological polar surface area (TPSA) is 67.4 Å². The lowest BCUT2D eigenvalue weighted by molar-refractivity contribution is -0.146. The summed E-state index contributed by atoms with van der Waals surface area (Å²) in [5.41, 5.74) is 0.141. The molecular formula is C16H30N2O3S. The van der Waals surface area contributed by atoms with Crippen LogP contribution in [-0.4, -0.2) is 47.0 Å². The van der Waals surface area contributed by atoms with Crippen molar-refractivity contribution in [1.29, 1.82) is 0 Å². The summed E-state index contributed by atoms with van der Waals surface area (Å²) >= 11 is 0. The van der Waals surface area contributed by atoms with Gasteiger partial charge in [0.2, 0.25) is 0 Å². The van der Waals surface area contributed by atoms with Crippen LogP contribution in [0.5, 0.6) is 0 Å². The molecule has 2 rings (SSSR count). The van der Waals surface area contributed by atoms with E-state index in [0.717, 1.165) is 25.9 Å². The Labute approximate surface area is 136 Å². The van der Waals surface area contributed by atoms with Gasteiger partial charge in [-0.25, -0.2) is 4.79 Å². The molecule has 0 bridgehead atoms. The van der Waals surface area contributed by atoms with E-state index in [2.05, 4.69) is 10.6 Å². The van der Waals surface area contributed by atoms with Gasteiger partial charge in [-0.15, -0.1) is 0 Å².